The maximum atomic E-state index is 13.4. The molecule has 1 aromatic carbocycles. The van der Waals surface area contributed by atoms with Gasteiger partial charge in [-0.2, -0.15) is 13.2 Å². The number of hydrogen-bond donors (Lipinski definition) is 1. The van der Waals surface area contributed by atoms with E-state index in [4.69, 9.17) is 4.74 Å². The minimum atomic E-state index is -4.51. The van der Waals surface area contributed by atoms with Gasteiger partial charge in [-0.25, -0.2) is 4.39 Å². The number of fused-ring (bicyclic) bond motifs is 1. The molecule has 3 rings (SSSR count). The lowest BCUT2D eigenvalue weighted by Crippen LogP contribution is -2.29. The fraction of sp³-hybridized carbons (Fsp3) is 0.188. The van der Waals surface area contributed by atoms with E-state index in [0.717, 1.165) is 16.7 Å². The highest BCUT2D eigenvalue weighted by Crippen LogP contribution is 2.29. The fourth-order valence-corrected chi connectivity index (χ4v) is 2.16. The number of hydrogen-bond acceptors (Lipinski definition) is 4. The molecule has 0 radical (unpaired) electrons. The van der Waals surface area contributed by atoms with Crippen molar-refractivity contribution in [2.45, 2.75) is 12.7 Å². The summed E-state index contributed by atoms with van der Waals surface area (Å²) in [6.07, 6.45) is -3.65. The third-order valence-corrected chi connectivity index (χ3v) is 3.44. The highest BCUT2D eigenvalue weighted by atomic mass is 19.4. The molecule has 3 aromatic rings. The summed E-state index contributed by atoms with van der Waals surface area (Å²) >= 11 is 0. The van der Waals surface area contributed by atoms with Crippen LogP contribution >= 0.6 is 0 Å². The van der Waals surface area contributed by atoms with Crippen LogP contribution in [0, 0.1) is 5.82 Å². The SMILES string of the molecule is O=C(COc1ccccc1F)NCc1nnc2ccc(C(F)(F)F)cn12. The Hall–Kier alpha value is -3.17. The van der Waals surface area contributed by atoms with Crippen LogP contribution in [-0.2, 0) is 17.5 Å². The maximum Gasteiger partial charge on any atom is 0.417 e. The summed E-state index contributed by atoms with van der Waals surface area (Å²) < 4.78 is 57.9. The molecule has 10 heteroatoms. The lowest BCUT2D eigenvalue weighted by molar-refractivity contribution is -0.137. The summed E-state index contributed by atoms with van der Waals surface area (Å²) in [4.78, 5) is 11.8. The zero-order valence-electron chi connectivity index (χ0n) is 13.1. The number of rotatable bonds is 5. The van der Waals surface area contributed by atoms with E-state index in [9.17, 15) is 22.4 Å². The van der Waals surface area contributed by atoms with Gasteiger partial charge in [0.05, 0.1) is 12.1 Å². The summed E-state index contributed by atoms with van der Waals surface area (Å²) in [5.41, 5.74) is -0.648. The number of para-hydroxylation sites is 1. The van der Waals surface area contributed by atoms with Crippen LogP contribution in [0.3, 0.4) is 0 Å². The van der Waals surface area contributed by atoms with Crippen molar-refractivity contribution >= 4 is 11.6 Å². The number of alkyl halides is 3. The number of amides is 1. The second kappa shape index (κ2) is 6.98. The predicted molar refractivity (Wildman–Crippen MR) is 81.7 cm³/mol. The Labute approximate surface area is 144 Å². The predicted octanol–water partition coefficient (Wildman–Crippen LogP) is 2.58. The maximum absolute atomic E-state index is 13.4. The first-order chi connectivity index (χ1) is 12.3. The van der Waals surface area contributed by atoms with E-state index >= 15 is 0 Å². The number of pyridine rings is 1. The van der Waals surface area contributed by atoms with Crippen LogP contribution in [-0.4, -0.2) is 27.1 Å². The molecule has 1 amide bonds. The Morgan fingerprint density at radius 3 is 2.65 bits per heavy atom. The molecule has 0 aliphatic heterocycles. The molecule has 0 unspecified atom stereocenters. The molecule has 0 aliphatic carbocycles. The number of halogens is 4. The van der Waals surface area contributed by atoms with Gasteiger partial charge in [0, 0.05) is 6.20 Å². The Morgan fingerprint density at radius 2 is 1.92 bits per heavy atom. The van der Waals surface area contributed by atoms with Crippen LogP contribution in [0.25, 0.3) is 5.65 Å². The molecule has 0 fully saturated rings. The third kappa shape index (κ3) is 3.90. The van der Waals surface area contributed by atoms with E-state index in [1.165, 1.54) is 24.3 Å². The molecule has 136 valence electrons. The lowest BCUT2D eigenvalue weighted by atomic mass is 10.3. The van der Waals surface area contributed by atoms with Gasteiger partial charge in [-0.15, -0.1) is 10.2 Å². The van der Waals surface area contributed by atoms with Crippen molar-refractivity contribution in [1.82, 2.24) is 19.9 Å². The monoisotopic (exact) mass is 368 g/mol. The molecule has 6 nitrogen and oxygen atoms in total. The zero-order chi connectivity index (χ0) is 18.7. The lowest BCUT2D eigenvalue weighted by Gasteiger charge is -2.09. The molecule has 0 bridgehead atoms. The van der Waals surface area contributed by atoms with Crippen molar-refractivity contribution in [2.24, 2.45) is 0 Å². The van der Waals surface area contributed by atoms with E-state index in [0.29, 0.717) is 0 Å². The second-order valence-corrected chi connectivity index (χ2v) is 5.26. The van der Waals surface area contributed by atoms with E-state index in [-0.39, 0.29) is 23.8 Å². The van der Waals surface area contributed by atoms with Crippen LogP contribution in [0.1, 0.15) is 11.4 Å². The number of aromatic nitrogens is 3. The molecule has 1 N–H and O–H groups in total. The number of nitrogens with zero attached hydrogens (tertiary/aromatic N) is 3. The normalized spacial score (nSPS) is 11.5. The highest BCUT2D eigenvalue weighted by molar-refractivity contribution is 5.77. The number of carbonyl (C=O) groups excluding carboxylic acids is 1. The van der Waals surface area contributed by atoms with Crippen LogP contribution in [0.2, 0.25) is 0 Å². The fourth-order valence-electron chi connectivity index (χ4n) is 2.16. The zero-order valence-corrected chi connectivity index (χ0v) is 13.1. The second-order valence-electron chi connectivity index (χ2n) is 5.26. The summed E-state index contributed by atoms with van der Waals surface area (Å²) in [5.74, 6) is -1.16. The van der Waals surface area contributed by atoms with Crippen molar-refractivity contribution in [1.29, 1.82) is 0 Å². The van der Waals surface area contributed by atoms with Crippen molar-refractivity contribution in [2.75, 3.05) is 6.61 Å². The van der Waals surface area contributed by atoms with Gasteiger partial charge in [-0.1, -0.05) is 12.1 Å². The van der Waals surface area contributed by atoms with Crippen LogP contribution in [0.4, 0.5) is 17.6 Å². The standard InChI is InChI=1S/C16H12F4N4O2/c17-11-3-1-2-4-12(11)26-9-15(25)21-7-14-23-22-13-6-5-10(8-24(13)14)16(18,19)20/h1-6,8H,7,9H2,(H,21,25). The molecular formula is C16H12F4N4O2. The molecule has 0 atom stereocenters. The molecule has 2 aromatic heterocycles. The highest BCUT2D eigenvalue weighted by Gasteiger charge is 2.31. The summed E-state index contributed by atoms with van der Waals surface area (Å²) in [5, 5.41) is 9.93. The van der Waals surface area contributed by atoms with Gasteiger partial charge in [-0.05, 0) is 24.3 Å². The summed E-state index contributed by atoms with van der Waals surface area (Å²) in [6, 6.07) is 7.67. The van der Waals surface area contributed by atoms with Gasteiger partial charge >= 0.3 is 6.18 Å². The Kier molecular flexibility index (Phi) is 4.74. The smallest absolute Gasteiger partial charge is 0.417 e. The quantitative estimate of drug-likeness (QED) is 0.703. The van der Waals surface area contributed by atoms with Gasteiger partial charge in [0.25, 0.3) is 5.91 Å². The van der Waals surface area contributed by atoms with Gasteiger partial charge in [-0.3, -0.25) is 9.20 Å². The largest absolute Gasteiger partial charge is 0.481 e. The molecule has 2 heterocycles. The average molecular weight is 368 g/mol. The van der Waals surface area contributed by atoms with Gasteiger partial charge in [0.1, 0.15) is 0 Å². The molecule has 26 heavy (non-hydrogen) atoms. The van der Waals surface area contributed by atoms with Crippen molar-refractivity contribution in [3.05, 3.63) is 59.8 Å². The first kappa shape index (κ1) is 17.6. The van der Waals surface area contributed by atoms with Crippen LogP contribution in [0.15, 0.2) is 42.6 Å². The van der Waals surface area contributed by atoms with Crippen molar-refractivity contribution in [3.63, 3.8) is 0 Å². The Morgan fingerprint density at radius 1 is 1.15 bits per heavy atom. The van der Waals surface area contributed by atoms with Gasteiger partial charge < -0.3 is 10.1 Å². The van der Waals surface area contributed by atoms with E-state index in [1.807, 2.05) is 0 Å². The number of carbonyl (C=O) groups is 1. The molecule has 0 saturated heterocycles. The minimum Gasteiger partial charge on any atom is -0.481 e. The average Bonchev–Trinajstić information content (AvgIpc) is 3.01. The number of nitrogens with one attached hydrogen (secondary N) is 1. The first-order valence-electron chi connectivity index (χ1n) is 7.39. The van der Waals surface area contributed by atoms with Gasteiger partial charge in [0.2, 0.25) is 0 Å². The van der Waals surface area contributed by atoms with Crippen LogP contribution < -0.4 is 10.1 Å². The molecular weight excluding hydrogens is 356 g/mol. The molecule has 0 saturated carbocycles. The van der Waals surface area contributed by atoms with Gasteiger partial charge in [0.15, 0.2) is 29.6 Å². The molecule has 0 aliphatic rings. The Bertz CT molecular complexity index is 939. The van der Waals surface area contributed by atoms with Crippen molar-refractivity contribution < 1.29 is 27.1 Å². The number of ether oxygens (including phenoxy) is 1. The summed E-state index contributed by atoms with van der Waals surface area (Å²) in [7, 11) is 0. The number of benzene rings is 1. The first-order valence-corrected chi connectivity index (χ1v) is 7.39. The third-order valence-electron chi connectivity index (χ3n) is 3.44. The Balaban J connectivity index is 1.64. The van der Waals surface area contributed by atoms with Crippen LogP contribution in [0.5, 0.6) is 5.75 Å². The van der Waals surface area contributed by atoms with E-state index < -0.39 is 30.1 Å². The van der Waals surface area contributed by atoms with E-state index in [1.54, 1.807) is 6.07 Å². The molecule has 0 spiro atoms. The summed E-state index contributed by atoms with van der Waals surface area (Å²) in [6.45, 7) is -0.618. The van der Waals surface area contributed by atoms with Crippen molar-refractivity contribution in [3.8, 4) is 5.75 Å². The van der Waals surface area contributed by atoms with E-state index in [2.05, 4.69) is 15.5 Å². The topological polar surface area (TPSA) is 68.5 Å². The minimum absolute atomic E-state index is 0.0783.